The Morgan fingerprint density at radius 3 is 1.21 bits per heavy atom. The Bertz CT molecular complexity index is 3210. The second kappa shape index (κ2) is 16.6. The van der Waals surface area contributed by atoms with Crippen LogP contribution in [-0.2, 0) is 0 Å². The zero-order valence-corrected chi connectivity index (χ0v) is 34.6. The highest BCUT2D eigenvalue weighted by molar-refractivity contribution is 6.13. The van der Waals surface area contributed by atoms with Gasteiger partial charge in [0.15, 0.2) is 0 Å². The van der Waals surface area contributed by atoms with E-state index in [0.29, 0.717) is 0 Å². The Balaban J connectivity index is 1.02. The molecule has 3 nitrogen and oxygen atoms in total. The molecule has 1 heterocycles. The molecular weight excluding hydrogens is 765 g/mol. The fourth-order valence-corrected chi connectivity index (χ4v) is 8.80. The first-order chi connectivity index (χ1) is 31.2. The van der Waals surface area contributed by atoms with Crippen LogP contribution in [0, 0.1) is 0 Å². The van der Waals surface area contributed by atoms with Crippen LogP contribution in [0.15, 0.2) is 259 Å². The van der Waals surface area contributed by atoms with E-state index in [2.05, 4.69) is 252 Å². The lowest BCUT2D eigenvalue weighted by atomic mass is 9.95. The Morgan fingerprint density at radius 2 is 0.651 bits per heavy atom. The van der Waals surface area contributed by atoms with Crippen molar-refractivity contribution in [1.82, 2.24) is 0 Å². The molecule has 11 aromatic rings. The average molecular weight is 807 g/mol. The number of nitrogens with zero attached hydrogens (tertiary/aromatic N) is 2. The predicted octanol–water partition coefficient (Wildman–Crippen LogP) is 17.2. The van der Waals surface area contributed by atoms with Gasteiger partial charge in [0.2, 0.25) is 0 Å². The third-order valence-electron chi connectivity index (χ3n) is 11.9. The van der Waals surface area contributed by atoms with Crippen molar-refractivity contribution in [1.29, 1.82) is 0 Å². The van der Waals surface area contributed by atoms with Crippen LogP contribution in [0.4, 0.5) is 34.1 Å². The summed E-state index contributed by atoms with van der Waals surface area (Å²) in [6.45, 7) is 0. The molecule has 11 rings (SSSR count). The maximum absolute atomic E-state index is 6.34. The summed E-state index contributed by atoms with van der Waals surface area (Å²) >= 11 is 0. The number of para-hydroxylation sites is 2. The van der Waals surface area contributed by atoms with Gasteiger partial charge >= 0.3 is 0 Å². The van der Waals surface area contributed by atoms with E-state index in [1.54, 1.807) is 0 Å². The van der Waals surface area contributed by atoms with Crippen LogP contribution in [0.5, 0.6) is 0 Å². The quantitative estimate of drug-likeness (QED) is 0.137. The van der Waals surface area contributed by atoms with Crippen molar-refractivity contribution in [2.75, 3.05) is 9.80 Å². The van der Waals surface area contributed by atoms with Crippen LogP contribution < -0.4 is 9.80 Å². The molecule has 10 aromatic carbocycles. The molecule has 0 amide bonds. The van der Waals surface area contributed by atoms with E-state index < -0.39 is 0 Å². The Hall–Kier alpha value is -8.40. The Morgan fingerprint density at radius 1 is 0.254 bits per heavy atom. The number of hydrogen-bond donors (Lipinski definition) is 0. The Kier molecular flexibility index (Phi) is 9.89. The second-order valence-electron chi connectivity index (χ2n) is 15.7. The fraction of sp³-hybridized carbons (Fsp3) is 0. The molecule has 0 atom stereocenters. The predicted molar refractivity (Wildman–Crippen MR) is 265 cm³/mol. The van der Waals surface area contributed by atoms with Gasteiger partial charge in [0.05, 0.1) is 16.8 Å². The number of fused-ring (bicyclic) bond motifs is 3. The van der Waals surface area contributed by atoms with Gasteiger partial charge in [0, 0.05) is 33.7 Å². The first-order valence-corrected chi connectivity index (χ1v) is 21.4. The molecule has 0 aliphatic rings. The highest BCUT2D eigenvalue weighted by atomic mass is 16.3. The Labute approximate surface area is 368 Å². The lowest BCUT2D eigenvalue weighted by molar-refractivity contribution is 0.669. The molecule has 0 aliphatic heterocycles. The molecule has 0 saturated heterocycles. The van der Waals surface area contributed by atoms with Crippen molar-refractivity contribution in [3.63, 3.8) is 0 Å². The van der Waals surface area contributed by atoms with Crippen LogP contribution in [-0.4, -0.2) is 0 Å². The molecule has 0 bridgehead atoms. The zero-order chi connectivity index (χ0) is 42.0. The summed E-state index contributed by atoms with van der Waals surface area (Å²) in [4.78, 5) is 4.72. The summed E-state index contributed by atoms with van der Waals surface area (Å²) < 4.78 is 6.34. The number of hydrogen-bond acceptors (Lipinski definition) is 3. The van der Waals surface area contributed by atoms with Gasteiger partial charge in [0.25, 0.3) is 0 Å². The minimum Gasteiger partial charge on any atom is -0.456 e. The summed E-state index contributed by atoms with van der Waals surface area (Å²) in [7, 11) is 0. The molecule has 0 spiro atoms. The van der Waals surface area contributed by atoms with Crippen LogP contribution in [0.2, 0.25) is 0 Å². The largest absolute Gasteiger partial charge is 0.456 e. The average Bonchev–Trinajstić information content (AvgIpc) is 3.76. The van der Waals surface area contributed by atoms with Crippen molar-refractivity contribution < 1.29 is 4.42 Å². The van der Waals surface area contributed by atoms with Gasteiger partial charge in [-0.3, -0.25) is 0 Å². The maximum atomic E-state index is 6.34. The number of rotatable bonds is 10. The van der Waals surface area contributed by atoms with Gasteiger partial charge in [-0.15, -0.1) is 0 Å². The third kappa shape index (κ3) is 7.32. The SMILES string of the molecule is c1ccc(-c2ccc(N(c3ccc(-c4ccccc4)cc3)c3ccc(-c4ccc(N(c5ccccc5)c5cccc6oc7ccccc7c56)cc4)cc3-c3ccccc3)cc2)cc1. The molecule has 63 heavy (non-hydrogen) atoms. The highest BCUT2D eigenvalue weighted by Crippen LogP contribution is 2.46. The molecule has 0 aliphatic carbocycles. The van der Waals surface area contributed by atoms with Gasteiger partial charge in [-0.25, -0.2) is 0 Å². The van der Waals surface area contributed by atoms with Crippen molar-refractivity contribution >= 4 is 56.1 Å². The van der Waals surface area contributed by atoms with Crippen LogP contribution in [0.1, 0.15) is 0 Å². The van der Waals surface area contributed by atoms with E-state index in [0.717, 1.165) is 78.3 Å². The fourth-order valence-electron chi connectivity index (χ4n) is 8.80. The van der Waals surface area contributed by atoms with Crippen LogP contribution in [0.25, 0.3) is 66.4 Å². The van der Waals surface area contributed by atoms with Crippen molar-refractivity contribution in [3.8, 4) is 44.5 Å². The molecule has 3 heteroatoms. The molecule has 0 unspecified atom stereocenters. The van der Waals surface area contributed by atoms with Gasteiger partial charge in [0.1, 0.15) is 11.2 Å². The molecule has 0 N–H and O–H groups in total. The molecule has 0 saturated carbocycles. The summed E-state index contributed by atoms with van der Waals surface area (Å²) in [5, 5.41) is 2.19. The minimum absolute atomic E-state index is 0.869. The van der Waals surface area contributed by atoms with Crippen molar-refractivity contribution in [3.05, 3.63) is 255 Å². The monoisotopic (exact) mass is 806 g/mol. The number of anilines is 6. The van der Waals surface area contributed by atoms with E-state index in [-0.39, 0.29) is 0 Å². The first kappa shape index (κ1) is 37.6. The summed E-state index contributed by atoms with van der Waals surface area (Å²) in [5.74, 6) is 0. The van der Waals surface area contributed by atoms with E-state index >= 15 is 0 Å². The van der Waals surface area contributed by atoms with E-state index in [1.807, 2.05) is 12.1 Å². The minimum atomic E-state index is 0.869. The standard InChI is InChI=1S/C60H42N2O/c1-5-16-43(17-6-1)45-28-35-51(36-29-45)61(52-37-30-46(31-38-52)44-18-7-2-8-19-44)56-41-34-49(42-55(56)48-20-9-3-10-21-48)47-32-39-53(40-33-47)62(50-22-11-4-12-23-50)57-25-15-27-59-60(57)54-24-13-14-26-58(54)63-59/h1-42H. The van der Waals surface area contributed by atoms with Crippen LogP contribution >= 0.6 is 0 Å². The van der Waals surface area contributed by atoms with Gasteiger partial charge in [-0.1, -0.05) is 176 Å². The lowest BCUT2D eigenvalue weighted by Crippen LogP contribution is -2.11. The number of furan rings is 1. The summed E-state index contributed by atoms with van der Waals surface area (Å²) in [6.07, 6.45) is 0. The summed E-state index contributed by atoms with van der Waals surface area (Å²) in [6, 6.07) is 90.7. The molecule has 0 fully saturated rings. The molecule has 298 valence electrons. The van der Waals surface area contributed by atoms with E-state index in [1.165, 1.54) is 22.3 Å². The molecule has 1 aromatic heterocycles. The smallest absolute Gasteiger partial charge is 0.137 e. The van der Waals surface area contributed by atoms with Gasteiger partial charge in [-0.2, -0.15) is 0 Å². The van der Waals surface area contributed by atoms with E-state index in [4.69, 9.17) is 4.42 Å². The highest BCUT2D eigenvalue weighted by Gasteiger charge is 2.21. The van der Waals surface area contributed by atoms with Gasteiger partial charge < -0.3 is 14.2 Å². The first-order valence-electron chi connectivity index (χ1n) is 21.4. The third-order valence-corrected chi connectivity index (χ3v) is 11.9. The van der Waals surface area contributed by atoms with Crippen LogP contribution in [0.3, 0.4) is 0 Å². The van der Waals surface area contributed by atoms with E-state index in [9.17, 15) is 0 Å². The van der Waals surface area contributed by atoms with Crippen molar-refractivity contribution in [2.45, 2.75) is 0 Å². The molecular formula is C60H42N2O. The summed E-state index contributed by atoms with van der Waals surface area (Å²) in [5.41, 5.74) is 17.5. The molecule has 0 radical (unpaired) electrons. The lowest BCUT2D eigenvalue weighted by Gasteiger charge is -2.29. The van der Waals surface area contributed by atoms with Gasteiger partial charge in [-0.05, 0) is 118 Å². The normalized spacial score (nSPS) is 11.2. The number of benzene rings is 10. The second-order valence-corrected chi connectivity index (χ2v) is 15.7. The zero-order valence-electron chi connectivity index (χ0n) is 34.6. The maximum Gasteiger partial charge on any atom is 0.137 e. The van der Waals surface area contributed by atoms with Crippen molar-refractivity contribution in [2.24, 2.45) is 0 Å². The topological polar surface area (TPSA) is 19.6 Å².